The molecule has 0 radical (unpaired) electrons. The summed E-state index contributed by atoms with van der Waals surface area (Å²) >= 11 is 0. The quantitative estimate of drug-likeness (QED) is 0.213. The van der Waals surface area contributed by atoms with E-state index < -0.39 is 5.69 Å². The van der Waals surface area contributed by atoms with Crippen LogP contribution in [0.2, 0.25) is 0 Å². The lowest BCUT2D eigenvalue weighted by atomic mass is 10.0. The van der Waals surface area contributed by atoms with Crippen molar-refractivity contribution in [2.24, 2.45) is 0 Å². The molecule has 44 heavy (non-hydrogen) atoms. The Kier molecular flexibility index (Phi) is 5.10. The number of rotatable bonds is 3. The molecule has 0 saturated carbocycles. The van der Waals surface area contributed by atoms with E-state index in [0.717, 1.165) is 49.4 Å². The predicted octanol–water partition coefficient (Wildman–Crippen LogP) is 8.61. The van der Waals surface area contributed by atoms with E-state index in [9.17, 15) is 9.59 Å². The first kappa shape index (κ1) is 24.5. The Balaban J connectivity index is 1.37. The fourth-order valence-corrected chi connectivity index (χ4v) is 6.31. The summed E-state index contributed by atoms with van der Waals surface area (Å²) in [6.45, 7) is 0. The van der Waals surface area contributed by atoms with Crippen molar-refractivity contribution in [1.29, 1.82) is 0 Å². The Morgan fingerprint density at radius 2 is 0.955 bits per heavy atom. The SMILES string of the molecule is O=c1c2cc(-c3ccccc3)ccc2n(-c2ccc3oc4ccccc4c3c2)c(=O)n1-c1ccc2oc3ccccc3c2c1. The van der Waals surface area contributed by atoms with Gasteiger partial charge in [0.05, 0.1) is 22.3 Å². The molecule has 9 rings (SSSR count). The summed E-state index contributed by atoms with van der Waals surface area (Å²) in [6, 6.07) is 42.3. The van der Waals surface area contributed by atoms with Gasteiger partial charge >= 0.3 is 5.69 Å². The average Bonchev–Trinajstić information content (AvgIpc) is 3.63. The van der Waals surface area contributed by atoms with E-state index in [0.29, 0.717) is 27.9 Å². The molecule has 0 unspecified atom stereocenters. The zero-order valence-corrected chi connectivity index (χ0v) is 23.2. The molecule has 9 aromatic rings. The van der Waals surface area contributed by atoms with E-state index in [1.54, 1.807) is 10.6 Å². The van der Waals surface area contributed by atoms with Crippen molar-refractivity contribution in [3.8, 4) is 22.5 Å². The number of furan rings is 2. The van der Waals surface area contributed by atoms with E-state index in [2.05, 4.69) is 0 Å². The minimum Gasteiger partial charge on any atom is -0.456 e. The van der Waals surface area contributed by atoms with Crippen molar-refractivity contribution in [3.63, 3.8) is 0 Å². The van der Waals surface area contributed by atoms with Gasteiger partial charge in [0.15, 0.2) is 0 Å². The predicted molar refractivity (Wildman–Crippen MR) is 175 cm³/mol. The van der Waals surface area contributed by atoms with Gasteiger partial charge in [-0.3, -0.25) is 9.36 Å². The van der Waals surface area contributed by atoms with E-state index in [-0.39, 0.29) is 5.56 Å². The molecule has 6 heteroatoms. The lowest BCUT2D eigenvalue weighted by Crippen LogP contribution is -2.38. The summed E-state index contributed by atoms with van der Waals surface area (Å²) in [7, 11) is 0. The van der Waals surface area contributed by atoms with Crippen LogP contribution in [-0.4, -0.2) is 9.13 Å². The van der Waals surface area contributed by atoms with Gasteiger partial charge in [-0.15, -0.1) is 0 Å². The molecular weight excluding hydrogens is 548 g/mol. The van der Waals surface area contributed by atoms with Gasteiger partial charge in [0, 0.05) is 21.5 Å². The molecule has 0 N–H and O–H groups in total. The first-order valence-electron chi connectivity index (χ1n) is 14.3. The van der Waals surface area contributed by atoms with E-state index in [1.807, 2.05) is 127 Å². The van der Waals surface area contributed by atoms with Crippen LogP contribution >= 0.6 is 0 Å². The molecule has 0 aliphatic carbocycles. The van der Waals surface area contributed by atoms with Gasteiger partial charge in [-0.05, 0) is 71.8 Å². The molecule has 0 saturated heterocycles. The summed E-state index contributed by atoms with van der Waals surface area (Å²) in [5, 5.41) is 4.03. The standard InChI is InChI=1S/C38H22N2O4/c41-37-31-20-24(23-8-2-1-3-9-23)14-17-32(31)39(25-15-18-35-29(21-25)27-10-4-6-12-33(27)43-35)38(42)40(37)26-16-19-36-30(22-26)28-11-5-7-13-34(28)44-36/h1-22H. The molecule has 3 aromatic heterocycles. The fraction of sp³-hybridized carbons (Fsp3) is 0. The molecule has 0 bridgehead atoms. The summed E-state index contributed by atoms with van der Waals surface area (Å²) in [4.78, 5) is 28.8. The number of aromatic nitrogens is 2. The number of nitrogens with zero attached hydrogens (tertiary/aromatic N) is 2. The fourth-order valence-electron chi connectivity index (χ4n) is 6.31. The Hall–Kier alpha value is -6.14. The molecule has 0 atom stereocenters. The van der Waals surface area contributed by atoms with Crippen molar-refractivity contribution in [3.05, 3.63) is 154 Å². The molecular formula is C38H22N2O4. The Labute approximate surface area is 249 Å². The zero-order valence-electron chi connectivity index (χ0n) is 23.2. The maximum Gasteiger partial charge on any atom is 0.340 e. The Morgan fingerprint density at radius 1 is 0.409 bits per heavy atom. The van der Waals surface area contributed by atoms with Gasteiger partial charge < -0.3 is 8.83 Å². The topological polar surface area (TPSA) is 70.3 Å². The van der Waals surface area contributed by atoms with Crippen LogP contribution < -0.4 is 11.2 Å². The van der Waals surface area contributed by atoms with Crippen LogP contribution in [0.3, 0.4) is 0 Å². The van der Waals surface area contributed by atoms with Crippen molar-refractivity contribution in [1.82, 2.24) is 9.13 Å². The summed E-state index contributed by atoms with van der Waals surface area (Å²) in [5.41, 5.74) is 5.58. The smallest absolute Gasteiger partial charge is 0.340 e. The third-order valence-corrected chi connectivity index (χ3v) is 8.40. The van der Waals surface area contributed by atoms with E-state index in [4.69, 9.17) is 8.83 Å². The highest BCUT2D eigenvalue weighted by Crippen LogP contribution is 2.32. The van der Waals surface area contributed by atoms with Crippen LogP contribution in [0.1, 0.15) is 0 Å². The normalized spacial score (nSPS) is 11.8. The monoisotopic (exact) mass is 570 g/mol. The second kappa shape index (κ2) is 9.18. The zero-order chi connectivity index (χ0) is 29.4. The first-order valence-corrected chi connectivity index (χ1v) is 14.3. The highest BCUT2D eigenvalue weighted by atomic mass is 16.3. The van der Waals surface area contributed by atoms with Crippen LogP contribution in [-0.2, 0) is 0 Å². The van der Waals surface area contributed by atoms with Crippen LogP contribution in [0.25, 0.3) is 77.3 Å². The molecule has 0 amide bonds. The van der Waals surface area contributed by atoms with Gasteiger partial charge in [0.25, 0.3) is 5.56 Å². The second-order valence-electron chi connectivity index (χ2n) is 10.9. The van der Waals surface area contributed by atoms with Gasteiger partial charge in [0.2, 0.25) is 0 Å². The molecule has 0 aliphatic heterocycles. The molecule has 6 aromatic carbocycles. The first-order chi connectivity index (χ1) is 21.6. The number of fused-ring (bicyclic) bond motifs is 7. The highest BCUT2D eigenvalue weighted by Gasteiger charge is 2.19. The van der Waals surface area contributed by atoms with Crippen LogP contribution in [0, 0.1) is 0 Å². The maximum atomic E-state index is 14.5. The molecule has 0 spiro atoms. The third kappa shape index (κ3) is 3.55. The molecule has 0 fully saturated rings. The van der Waals surface area contributed by atoms with Crippen LogP contribution in [0.5, 0.6) is 0 Å². The minimum atomic E-state index is -0.464. The van der Waals surface area contributed by atoms with Crippen LogP contribution in [0.15, 0.2) is 152 Å². The third-order valence-electron chi connectivity index (χ3n) is 8.40. The summed E-state index contributed by atoms with van der Waals surface area (Å²) in [5.74, 6) is 0. The number of benzene rings is 6. The van der Waals surface area contributed by atoms with Gasteiger partial charge in [-0.2, -0.15) is 0 Å². The van der Waals surface area contributed by atoms with Gasteiger partial charge in [0.1, 0.15) is 22.3 Å². The molecule has 208 valence electrons. The average molecular weight is 571 g/mol. The van der Waals surface area contributed by atoms with Gasteiger partial charge in [-0.1, -0.05) is 72.8 Å². The van der Waals surface area contributed by atoms with E-state index in [1.165, 1.54) is 4.57 Å². The Morgan fingerprint density at radius 3 is 1.59 bits per heavy atom. The van der Waals surface area contributed by atoms with Crippen molar-refractivity contribution in [2.45, 2.75) is 0 Å². The maximum absolute atomic E-state index is 14.5. The van der Waals surface area contributed by atoms with Gasteiger partial charge in [-0.25, -0.2) is 9.36 Å². The number of hydrogen-bond donors (Lipinski definition) is 0. The van der Waals surface area contributed by atoms with E-state index >= 15 is 0 Å². The van der Waals surface area contributed by atoms with Crippen LogP contribution in [0.4, 0.5) is 0 Å². The Bertz CT molecular complexity index is 2710. The molecule has 0 aliphatic rings. The highest BCUT2D eigenvalue weighted by molar-refractivity contribution is 6.06. The van der Waals surface area contributed by atoms with Crippen molar-refractivity contribution >= 4 is 54.8 Å². The lowest BCUT2D eigenvalue weighted by molar-refractivity contribution is 0.668. The number of hydrogen-bond acceptors (Lipinski definition) is 4. The van der Waals surface area contributed by atoms with Crippen molar-refractivity contribution < 1.29 is 8.83 Å². The summed E-state index contributed by atoms with van der Waals surface area (Å²) in [6.07, 6.45) is 0. The summed E-state index contributed by atoms with van der Waals surface area (Å²) < 4.78 is 15.0. The molecule has 3 heterocycles. The second-order valence-corrected chi connectivity index (χ2v) is 10.9. The molecule has 6 nitrogen and oxygen atoms in total. The lowest BCUT2D eigenvalue weighted by Gasteiger charge is -2.15. The minimum absolute atomic E-state index is 0.388. The number of para-hydroxylation sites is 2. The van der Waals surface area contributed by atoms with Crippen molar-refractivity contribution in [2.75, 3.05) is 0 Å². The largest absolute Gasteiger partial charge is 0.456 e.